The maximum atomic E-state index is 12.1. The van der Waals surface area contributed by atoms with E-state index in [-0.39, 0.29) is 18.6 Å². The summed E-state index contributed by atoms with van der Waals surface area (Å²) in [5, 5.41) is 9.11. The lowest BCUT2D eigenvalue weighted by Crippen LogP contribution is -2.36. The second-order valence-electron chi connectivity index (χ2n) is 3.84. The highest BCUT2D eigenvalue weighted by Gasteiger charge is 2.30. The highest BCUT2D eigenvalue weighted by Crippen LogP contribution is 2.20. The van der Waals surface area contributed by atoms with E-state index in [1.807, 2.05) is 35.2 Å². The van der Waals surface area contributed by atoms with Gasteiger partial charge in [0.2, 0.25) is 0 Å². The van der Waals surface area contributed by atoms with Crippen molar-refractivity contribution >= 4 is 5.78 Å². The molecule has 1 saturated heterocycles. The predicted octanol–water partition coefficient (Wildman–Crippen LogP) is 1.28. The smallest absolute Gasteiger partial charge is 0.180 e. The topological polar surface area (TPSA) is 40.5 Å². The minimum atomic E-state index is -0.127. The van der Waals surface area contributed by atoms with Crippen molar-refractivity contribution in [2.45, 2.75) is 18.9 Å². The van der Waals surface area contributed by atoms with Crippen LogP contribution in [0.15, 0.2) is 30.3 Å². The van der Waals surface area contributed by atoms with Crippen molar-refractivity contribution in [3.8, 4) is 0 Å². The first kappa shape index (κ1) is 10.3. The van der Waals surface area contributed by atoms with Crippen molar-refractivity contribution in [2.75, 3.05) is 13.3 Å². The van der Waals surface area contributed by atoms with Gasteiger partial charge in [-0.1, -0.05) is 30.3 Å². The molecule has 1 atom stereocenters. The molecule has 1 N–H and O–H groups in total. The summed E-state index contributed by atoms with van der Waals surface area (Å²) in [6, 6.07) is 9.16. The summed E-state index contributed by atoms with van der Waals surface area (Å²) in [5.74, 6) is 0.127. The van der Waals surface area contributed by atoms with Gasteiger partial charge in [0, 0.05) is 12.1 Å². The fourth-order valence-electron chi connectivity index (χ4n) is 2.09. The van der Waals surface area contributed by atoms with Crippen LogP contribution in [-0.4, -0.2) is 35.1 Å². The molecule has 1 aromatic rings. The van der Waals surface area contributed by atoms with Crippen molar-refractivity contribution in [1.29, 1.82) is 0 Å². The van der Waals surface area contributed by atoms with Crippen molar-refractivity contribution in [2.24, 2.45) is 0 Å². The van der Waals surface area contributed by atoms with Gasteiger partial charge >= 0.3 is 0 Å². The second-order valence-corrected chi connectivity index (χ2v) is 3.84. The van der Waals surface area contributed by atoms with Gasteiger partial charge in [-0.2, -0.15) is 0 Å². The van der Waals surface area contributed by atoms with Crippen LogP contribution in [0.1, 0.15) is 23.2 Å². The first-order chi connectivity index (χ1) is 7.33. The minimum Gasteiger partial charge on any atom is -0.381 e. The minimum absolute atomic E-state index is 0.0246. The molecule has 15 heavy (non-hydrogen) atoms. The third-order valence-corrected chi connectivity index (χ3v) is 2.91. The zero-order valence-electron chi connectivity index (χ0n) is 8.60. The summed E-state index contributed by atoms with van der Waals surface area (Å²) in [4.78, 5) is 13.9. The molecule has 0 aromatic heterocycles. The maximum Gasteiger partial charge on any atom is 0.180 e. The molecule has 1 heterocycles. The Balaban J connectivity index is 2.14. The van der Waals surface area contributed by atoms with Crippen LogP contribution in [0.2, 0.25) is 0 Å². The lowest BCUT2D eigenvalue weighted by Gasteiger charge is -2.20. The molecule has 1 aliphatic rings. The van der Waals surface area contributed by atoms with Gasteiger partial charge in [-0.3, -0.25) is 9.69 Å². The number of ketones is 1. The van der Waals surface area contributed by atoms with Crippen molar-refractivity contribution in [3.63, 3.8) is 0 Å². The zero-order valence-corrected chi connectivity index (χ0v) is 8.60. The number of aliphatic hydroxyl groups is 1. The number of hydrogen-bond donors (Lipinski definition) is 1. The highest BCUT2D eigenvalue weighted by atomic mass is 16.3. The summed E-state index contributed by atoms with van der Waals surface area (Å²) < 4.78 is 0. The Labute approximate surface area is 89.3 Å². The molecule has 0 spiro atoms. The molecule has 3 heteroatoms. The third-order valence-electron chi connectivity index (χ3n) is 2.91. The largest absolute Gasteiger partial charge is 0.381 e. The number of likely N-dealkylation sites (tertiary alicyclic amines) is 1. The fraction of sp³-hybridized carbons (Fsp3) is 0.417. The molecule has 0 radical (unpaired) electrons. The van der Waals surface area contributed by atoms with Crippen molar-refractivity contribution in [1.82, 2.24) is 4.90 Å². The second kappa shape index (κ2) is 4.55. The van der Waals surface area contributed by atoms with Gasteiger partial charge in [0.1, 0.15) is 0 Å². The van der Waals surface area contributed by atoms with Crippen molar-refractivity contribution in [3.05, 3.63) is 35.9 Å². The maximum absolute atomic E-state index is 12.1. The van der Waals surface area contributed by atoms with Gasteiger partial charge in [0.05, 0.1) is 12.8 Å². The molecule has 1 unspecified atom stereocenters. The van der Waals surface area contributed by atoms with Gasteiger partial charge in [-0.05, 0) is 12.8 Å². The van der Waals surface area contributed by atoms with Crippen LogP contribution in [0.3, 0.4) is 0 Å². The Morgan fingerprint density at radius 3 is 2.80 bits per heavy atom. The predicted molar refractivity (Wildman–Crippen MR) is 57.6 cm³/mol. The molecule has 1 aromatic carbocycles. The average molecular weight is 205 g/mol. The number of Topliss-reactive ketones (excluding diaryl/α,β-unsaturated/α-hetero) is 1. The Hall–Kier alpha value is -1.19. The Bertz CT molecular complexity index is 337. The quantitative estimate of drug-likeness (QED) is 0.756. The first-order valence-corrected chi connectivity index (χ1v) is 5.27. The van der Waals surface area contributed by atoms with E-state index < -0.39 is 0 Å². The molecule has 2 rings (SSSR count). The monoisotopic (exact) mass is 205 g/mol. The average Bonchev–Trinajstić information content (AvgIpc) is 2.77. The number of carbonyl (C=O) groups excluding carboxylic acids is 1. The van der Waals surface area contributed by atoms with Crippen LogP contribution in [0.4, 0.5) is 0 Å². The van der Waals surface area contributed by atoms with Crippen LogP contribution < -0.4 is 0 Å². The van der Waals surface area contributed by atoms with Crippen LogP contribution >= 0.6 is 0 Å². The van der Waals surface area contributed by atoms with Gasteiger partial charge in [0.15, 0.2) is 5.78 Å². The summed E-state index contributed by atoms with van der Waals surface area (Å²) in [5.41, 5.74) is 0.739. The van der Waals surface area contributed by atoms with Crippen LogP contribution in [0.5, 0.6) is 0 Å². The normalized spacial score (nSPS) is 21.8. The molecule has 80 valence electrons. The van der Waals surface area contributed by atoms with Gasteiger partial charge < -0.3 is 5.11 Å². The highest BCUT2D eigenvalue weighted by molar-refractivity contribution is 6.00. The number of benzene rings is 1. The number of nitrogens with zero attached hydrogens (tertiary/aromatic N) is 1. The molecular weight excluding hydrogens is 190 g/mol. The van der Waals surface area contributed by atoms with E-state index in [4.69, 9.17) is 5.11 Å². The van der Waals surface area contributed by atoms with Gasteiger partial charge in [-0.15, -0.1) is 0 Å². The number of rotatable bonds is 3. The number of hydrogen-bond acceptors (Lipinski definition) is 3. The summed E-state index contributed by atoms with van der Waals surface area (Å²) in [6.45, 7) is 0.795. The molecule has 0 amide bonds. The SMILES string of the molecule is O=C(c1ccccc1)C1CCCN1CO. The fourth-order valence-corrected chi connectivity index (χ4v) is 2.09. The molecular formula is C12H15NO2. The standard InChI is InChI=1S/C12H15NO2/c14-9-13-8-4-7-11(13)12(15)10-5-2-1-3-6-10/h1-3,5-6,11,14H,4,7-9H2. The molecule has 1 aliphatic heterocycles. The summed E-state index contributed by atoms with van der Waals surface area (Å²) in [7, 11) is 0. The van der Waals surface area contributed by atoms with Crippen LogP contribution in [0.25, 0.3) is 0 Å². The molecule has 0 saturated carbocycles. The molecule has 1 fully saturated rings. The van der Waals surface area contributed by atoms with E-state index in [1.165, 1.54) is 0 Å². The van der Waals surface area contributed by atoms with Crippen LogP contribution in [0, 0.1) is 0 Å². The summed E-state index contributed by atoms with van der Waals surface area (Å²) in [6.07, 6.45) is 1.85. The van der Waals surface area contributed by atoms with E-state index in [1.54, 1.807) is 0 Å². The van der Waals surface area contributed by atoms with E-state index in [2.05, 4.69) is 0 Å². The first-order valence-electron chi connectivity index (χ1n) is 5.27. The zero-order chi connectivity index (χ0) is 10.7. The van der Waals surface area contributed by atoms with E-state index in [0.29, 0.717) is 0 Å². The Morgan fingerprint density at radius 1 is 1.40 bits per heavy atom. The lowest BCUT2D eigenvalue weighted by atomic mass is 10.0. The lowest BCUT2D eigenvalue weighted by molar-refractivity contribution is 0.0677. The van der Waals surface area contributed by atoms with E-state index in [0.717, 1.165) is 24.9 Å². The van der Waals surface area contributed by atoms with Crippen molar-refractivity contribution < 1.29 is 9.90 Å². The Morgan fingerprint density at radius 2 is 2.13 bits per heavy atom. The summed E-state index contributed by atoms with van der Waals surface area (Å²) >= 11 is 0. The molecule has 3 nitrogen and oxygen atoms in total. The van der Waals surface area contributed by atoms with Gasteiger partial charge in [0.25, 0.3) is 0 Å². The van der Waals surface area contributed by atoms with Gasteiger partial charge in [-0.25, -0.2) is 0 Å². The molecule has 0 aliphatic carbocycles. The van der Waals surface area contributed by atoms with E-state index >= 15 is 0 Å². The number of carbonyl (C=O) groups is 1. The number of aliphatic hydroxyl groups excluding tert-OH is 1. The molecule has 0 bridgehead atoms. The third kappa shape index (κ3) is 2.08. The van der Waals surface area contributed by atoms with Crippen LogP contribution in [-0.2, 0) is 0 Å². The Kier molecular flexibility index (Phi) is 3.14. The van der Waals surface area contributed by atoms with E-state index in [9.17, 15) is 4.79 Å².